The molecule has 0 saturated heterocycles. The predicted molar refractivity (Wildman–Crippen MR) is 52.0 cm³/mol. The average Bonchev–Trinajstić information content (AvgIpc) is 2.10. The molecule has 0 aliphatic rings. The largest absolute Gasteiger partial charge is 0.277 e. The summed E-state index contributed by atoms with van der Waals surface area (Å²) in [5, 5.41) is 4.45. The Morgan fingerprint density at radius 2 is 2.00 bits per heavy atom. The third kappa shape index (κ3) is 1.17. The van der Waals surface area contributed by atoms with Gasteiger partial charge in [-0.3, -0.25) is 4.79 Å². The number of rotatable bonds is 0. The van der Waals surface area contributed by atoms with Gasteiger partial charge in [0.05, 0.1) is 22.8 Å². The van der Waals surface area contributed by atoms with E-state index in [1.807, 2.05) is 0 Å². The number of aryl methyl sites for hydroxylation is 3. The summed E-state index contributed by atoms with van der Waals surface area (Å²) in [5.74, 6) is 0.657. The lowest BCUT2D eigenvalue weighted by Crippen LogP contribution is -2.20. The second-order valence-corrected chi connectivity index (χ2v) is 3.19. The van der Waals surface area contributed by atoms with Gasteiger partial charge in [0.2, 0.25) is 0 Å². The maximum Gasteiger partial charge on any atom is 0.277 e. The van der Waals surface area contributed by atoms with E-state index in [1.54, 1.807) is 27.1 Å². The van der Waals surface area contributed by atoms with Crippen molar-refractivity contribution in [3.63, 3.8) is 0 Å². The van der Waals surface area contributed by atoms with Crippen molar-refractivity contribution in [2.75, 3.05) is 0 Å². The van der Waals surface area contributed by atoms with E-state index in [2.05, 4.69) is 15.1 Å². The van der Waals surface area contributed by atoms with E-state index in [0.717, 1.165) is 0 Å². The molecular weight excluding hydrogens is 180 g/mol. The van der Waals surface area contributed by atoms with Crippen LogP contribution < -0.4 is 5.56 Å². The summed E-state index contributed by atoms with van der Waals surface area (Å²) in [6.45, 7) is 3.60. The molecular formula is C9H10N4O. The standard InChI is InChI=1S/C9H10N4O/c1-5-8-7(12-6(2)11-5)4-10-13(3)9(8)14/h4H,1-3H3. The van der Waals surface area contributed by atoms with Gasteiger partial charge in [-0.05, 0) is 13.8 Å². The summed E-state index contributed by atoms with van der Waals surface area (Å²) < 4.78 is 1.29. The molecule has 0 N–H and O–H groups in total. The van der Waals surface area contributed by atoms with Crippen molar-refractivity contribution < 1.29 is 0 Å². The van der Waals surface area contributed by atoms with Gasteiger partial charge in [-0.2, -0.15) is 5.10 Å². The fourth-order valence-electron chi connectivity index (χ4n) is 1.45. The zero-order valence-electron chi connectivity index (χ0n) is 8.27. The number of aromatic nitrogens is 4. The Bertz CT molecular complexity index is 558. The first-order valence-corrected chi connectivity index (χ1v) is 4.27. The highest BCUT2D eigenvalue weighted by Gasteiger charge is 2.07. The third-order valence-electron chi connectivity index (χ3n) is 2.09. The SMILES string of the molecule is Cc1nc(C)c2c(=O)n(C)ncc2n1. The molecule has 14 heavy (non-hydrogen) atoms. The van der Waals surface area contributed by atoms with Gasteiger partial charge in [-0.25, -0.2) is 14.6 Å². The molecule has 0 radical (unpaired) electrons. The highest BCUT2D eigenvalue weighted by molar-refractivity contribution is 5.78. The van der Waals surface area contributed by atoms with Crippen LogP contribution in [0, 0.1) is 13.8 Å². The minimum absolute atomic E-state index is 0.153. The highest BCUT2D eigenvalue weighted by atomic mass is 16.1. The molecule has 0 unspecified atom stereocenters. The third-order valence-corrected chi connectivity index (χ3v) is 2.09. The Morgan fingerprint density at radius 3 is 2.71 bits per heavy atom. The lowest BCUT2D eigenvalue weighted by Gasteiger charge is -2.02. The van der Waals surface area contributed by atoms with Crippen molar-refractivity contribution in [1.82, 2.24) is 19.7 Å². The van der Waals surface area contributed by atoms with Crippen LogP contribution in [0.3, 0.4) is 0 Å². The second-order valence-electron chi connectivity index (χ2n) is 3.19. The molecule has 0 bridgehead atoms. The first-order valence-electron chi connectivity index (χ1n) is 4.27. The van der Waals surface area contributed by atoms with E-state index in [-0.39, 0.29) is 5.56 Å². The maximum absolute atomic E-state index is 11.7. The van der Waals surface area contributed by atoms with Crippen molar-refractivity contribution >= 4 is 10.9 Å². The smallest absolute Gasteiger partial charge is 0.267 e. The van der Waals surface area contributed by atoms with Gasteiger partial charge >= 0.3 is 0 Å². The van der Waals surface area contributed by atoms with Gasteiger partial charge in [0.25, 0.3) is 5.56 Å². The van der Waals surface area contributed by atoms with Crippen LogP contribution in [-0.4, -0.2) is 19.7 Å². The van der Waals surface area contributed by atoms with E-state index >= 15 is 0 Å². The molecule has 0 saturated carbocycles. The fraction of sp³-hybridized carbons (Fsp3) is 0.333. The van der Waals surface area contributed by atoms with Crippen LogP contribution in [0.4, 0.5) is 0 Å². The van der Waals surface area contributed by atoms with Gasteiger partial charge in [0.1, 0.15) is 5.82 Å². The molecule has 0 atom stereocenters. The average molecular weight is 190 g/mol. The lowest BCUT2D eigenvalue weighted by atomic mass is 10.2. The van der Waals surface area contributed by atoms with Crippen LogP contribution in [0.15, 0.2) is 11.0 Å². The number of hydrogen-bond acceptors (Lipinski definition) is 4. The molecule has 5 nitrogen and oxygen atoms in total. The summed E-state index contributed by atoms with van der Waals surface area (Å²) in [4.78, 5) is 20.0. The van der Waals surface area contributed by atoms with Gasteiger partial charge < -0.3 is 0 Å². The zero-order valence-corrected chi connectivity index (χ0v) is 8.27. The Balaban J connectivity index is 3.03. The monoisotopic (exact) mass is 190 g/mol. The molecule has 2 rings (SSSR count). The fourth-order valence-corrected chi connectivity index (χ4v) is 1.45. The first kappa shape index (κ1) is 8.80. The van der Waals surface area contributed by atoms with Crippen LogP contribution >= 0.6 is 0 Å². The molecule has 2 aromatic heterocycles. The summed E-state index contributed by atoms with van der Waals surface area (Å²) in [7, 11) is 1.61. The Labute approximate surface area is 80.4 Å². The van der Waals surface area contributed by atoms with Crippen molar-refractivity contribution in [1.29, 1.82) is 0 Å². The molecule has 72 valence electrons. The van der Waals surface area contributed by atoms with Crippen LogP contribution in [0.2, 0.25) is 0 Å². The van der Waals surface area contributed by atoms with Crippen LogP contribution in [0.5, 0.6) is 0 Å². The van der Waals surface area contributed by atoms with Gasteiger partial charge in [0.15, 0.2) is 0 Å². The van der Waals surface area contributed by atoms with Crippen LogP contribution in [-0.2, 0) is 7.05 Å². The van der Waals surface area contributed by atoms with Crippen LogP contribution in [0.25, 0.3) is 10.9 Å². The maximum atomic E-state index is 11.7. The van der Waals surface area contributed by atoms with E-state index < -0.39 is 0 Å². The second kappa shape index (κ2) is 2.87. The van der Waals surface area contributed by atoms with Gasteiger partial charge in [0, 0.05) is 7.05 Å². The molecule has 0 aliphatic heterocycles. The zero-order chi connectivity index (χ0) is 10.3. The summed E-state index contributed by atoms with van der Waals surface area (Å²) in [5.41, 5.74) is 1.16. The Morgan fingerprint density at radius 1 is 1.29 bits per heavy atom. The summed E-state index contributed by atoms with van der Waals surface area (Å²) >= 11 is 0. The molecule has 0 aliphatic carbocycles. The van der Waals surface area contributed by atoms with Crippen molar-refractivity contribution in [3.05, 3.63) is 28.1 Å². The van der Waals surface area contributed by atoms with Crippen molar-refractivity contribution in [2.24, 2.45) is 7.05 Å². The minimum Gasteiger partial charge on any atom is -0.267 e. The van der Waals surface area contributed by atoms with Crippen molar-refractivity contribution in [2.45, 2.75) is 13.8 Å². The van der Waals surface area contributed by atoms with Crippen molar-refractivity contribution in [3.8, 4) is 0 Å². The Kier molecular flexibility index (Phi) is 1.80. The quantitative estimate of drug-likeness (QED) is 0.601. The normalized spacial score (nSPS) is 10.8. The summed E-state index contributed by atoms with van der Waals surface area (Å²) in [6, 6.07) is 0. The van der Waals surface area contributed by atoms with Gasteiger partial charge in [-0.1, -0.05) is 0 Å². The highest BCUT2D eigenvalue weighted by Crippen LogP contribution is 2.08. The molecule has 0 amide bonds. The topological polar surface area (TPSA) is 60.7 Å². The lowest BCUT2D eigenvalue weighted by molar-refractivity contribution is 0.715. The molecule has 0 aromatic carbocycles. The molecule has 0 fully saturated rings. The molecule has 2 aromatic rings. The van der Waals surface area contributed by atoms with E-state index in [1.165, 1.54) is 4.68 Å². The molecule has 0 spiro atoms. The molecule has 2 heterocycles. The Hall–Kier alpha value is -1.78. The number of nitrogens with zero attached hydrogens (tertiary/aromatic N) is 4. The van der Waals surface area contributed by atoms with E-state index in [0.29, 0.717) is 22.4 Å². The summed E-state index contributed by atoms with van der Waals surface area (Å²) in [6.07, 6.45) is 1.58. The number of hydrogen-bond donors (Lipinski definition) is 0. The first-order chi connectivity index (χ1) is 6.59. The van der Waals surface area contributed by atoms with E-state index in [9.17, 15) is 4.79 Å². The van der Waals surface area contributed by atoms with Crippen LogP contribution in [0.1, 0.15) is 11.5 Å². The van der Waals surface area contributed by atoms with Gasteiger partial charge in [-0.15, -0.1) is 0 Å². The van der Waals surface area contributed by atoms with E-state index in [4.69, 9.17) is 0 Å². The molecule has 5 heteroatoms. The predicted octanol–water partition coefficient (Wildman–Crippen LogP) is 0.340. The number of fused-ring (bicyclic) bond motifs is 1. The minimum atomic E-state index is -0.153.